The Labute approximate surface area is 92.3 Å². The summed E-state index contributed by atoms with van der Waals surface area (Å²) in [6, 6.07) is 0. The van der Waals surface area contributed by atoms with E-state index >= 15 is 0 Å². The summed E-state index contributed by atoms with van der Waals surface area (Å²) in [7, 11) is 0. The van der Waals surface area contributed by atoms with Gasteiger partial charge >= 0.3 is 0 Å². The maximum Gasteiger partial charge on any atom is 0.0484 e. The molecule has 0 saturated carbocycles. The highest BCUT2D eigenvalue weighted by molar-refractivity contribution is 6.21. The highest BCUT2D eigenvalue weighted by Crippen LogP contribution is 2.18. The molecule has 1 unspecified atom stereocenters. The van der Waals surface area contributed by atoms with Crippen LogP contribution in [0.5, 0.6) is 0 Å². The van der Waals surface area contributed by atoms with Crippen LogP contribution in [0.2, 0.25) is 0 Å². The summed E-state index contributed by atoms with van der Waals surface area (Å²) in [5, 5.41) is 3.70. The second kappa shape index (κ2) is 5.34. The van der Waals surface area contributed by atoms with Gasteiger partial charge in [-0.05, 0) is 46.1 Å². The van der Waals surface area contributed by atoms with Crippen LogP contribution in [0.4, 0.5) is 0 Å². The van der Waals surface area contributed by atoms with Gasteiger partial charge in [-0.2, -0.15) is 0 Å². The van der Waals surface area contributed by atoms with Crippen LogP contribution in [0, 0.1) is 5.92 Å². The second-order valence-corrected chi connectivity index (χ2v) is 5.43. The first kappa shape index (κ1) is 12.3. The van der Waals surface area contributed by atoms with Gasteiger partial charge in [0.05, 0.1) is 0 Å². The Bertz CT molecular complexity index is 165. The van der Waals surface area contributed by atoms with Gasteiger partial charge in [-0.1, -0.05) is 0 Å². The average Bonchev–Trinajstić information content (AvgIpc) is 2.16. The molecule has 0 aromatic heterocycles. The summed E-state index contributed by atoms with van der Waals surface area (Å²) < 4.78 is 5.33. The number of alkyl halides is 1. The normalized spacial score (nSPS) is 22.3. The summed E-state index contributed by atoms with van der Waals surface area (Å²) in [5.74, 6) is 0.762. The zero-order valence-electron chi connectivity index (χ0n) is 9.48. The van der Waals surface area contributed by atoms with Gasteiger partial charge in [0, 0.05) is 24.1 Å². The van der Waals surface area contributed by atoms with Gasteiger partial charge in [0.2, 0.25) is 0 Å². The van der Waals surface area contributed by atoms with Crippen molar-refractivity contribution < 1.29 is 4.74 Å². The van der Waals surface area contributed by atoms with Crippen molar-refractivity contribution in [3.8, 4) is 0 Å². The molecule has 0 bridgehead atoms. The van der Waals surface area contributed by atoms with E-state index in [9.17, 15) is 0 Å². The summed E-state index contributed by atoms with van der Waals surface area (Å²) in [5.41, 5.74) is 0.0276. The quantitative estimate of drug-likeness (QED) is 0.734. The fraction of sp³-hybridized carbons (Fsp3) is 1.00. The molecule has 1 aliphatic heterocycles. The molecule has 3 heteroatoms. The van der Waals surface area contributed by atoms with Gasteiger partial charge in [-0.25, -0.2) is 0 Å². The molecule has 0 spiro atoms. The fourth-order valence-corrected chi connectivity index (χ4v) is 1.58. The maximum absolute atomic E-state index is 6.10. The summed E-state index contributed by atoms with van der Waals surface area (Å²) >= 11 is 6.10. The van der Waals surface area contributed by atoms with E-state index in [-0.39, 0.29) is 10.9 Å². The molecular weight excluding hydrogens is 198 g/mol. The van der Waals surface area contributed by atoms with Gasteiger partial charge in [0.25, 0.3) is 0 Å². The molecule has 0 radical (unpaired) electrons. The van der Waals surface area contributed by atoms with Crippen molar-refractivity contribution in [3.05, 3.63) is 0 Å². The predicted octanol–water partition coefficient (Wildman–Crippen LogP) is 2.41. The SMILES string of the molecule is CC(Cl)C(C)(C)NCC1CCOCC1. The molecule has 1 heterocycles. The second-order valence-electron chi connectivity index (χ2n) is 4.77. The van der Waals surface area contributed by atoms with E-state index in [0.717, 1.165) is 25.7 Å². The summed E-state index contributed by atoms with van der Waals surface area (Å²) in [4.78, 5) is 0. The average molecular weight is 220 g/mol. The van der Waals surface area contributed by atoms with E-state index < -0.39 is 0 Å². The zero-order chi connectivity index (χ0) is 10.6. The van der Waals surface area contributed by atoms with Crippen LogP contribution in [-0.4, -0.2) is 30.7 Å². The molecule has 0 aliphatic carbocycles. The third-order valence-corrected chi connectivity index (χ3v) is 3.73. The molecule has 0 amide bonds. The Morgan fingerprint density at radius 1 is 1.43 bits per heavy atom. The first-order valence-corrected chi connectivity index (χ1v) is 5.93. The summed E-state index contributed by atoms with van der Waals surface area (Å²) in [6.45, 7) is 9.26. The smallest absolute Gasteiger partial charge is 0.0484 e. The van der Waals surface area contributed by atoms with E-state index in [1.807, 2.05) is 6.92 Å². The Kier molecular flexibility index (Phi) is 4.68. The lowest BCUT2D eigenvalue weighted by Crippen LogP contribution is -2.48. The standard InChI is InChI=1S/C11H22ClNO/c1-9(12)11(2,3)13-8-10-4-6-14-7-5-10/h9-10,13H,4-8H2,1-3H3. The third-order valence-electron chi connectivity index (χ3n) is 3.18. The highest BCUT2D eigenvalue weighted by Gasteiger charge is 2.25. The first-order valence-electron chi connectivity index (χ1n) is 5.49. The maximum atomic E-state index is 6.10. The number of ether oxygens (including phenoxy) is 1. The summed E-state index contributed by atoms with van der Waals surface area (Å²) in [6.07, 6.45) is 2.36. The van der Waals surface area contributed by atoms with Crippen LogP contribution in [0.1, 0.15) is 33.6 Å². The molecule has 0 aromatic carbocycles. The van der Waals surface area contributed by atoms with Crippen molar-refractivity contribution in [2.45, 2.75) is 44.5 Å². The van der Waals surface area contributed by atoms with Gasteiger partial charge in [0.1, 0.15) is 0 Å². The lowest BCUT2D eigenvalue weighted by molar-refractivity contribution is 0.0640. The van der Waals surface area contributed by atoms with Crippen molar-refractivity contribution >= 4 is 11.6 Å². The number of hydrogen-bond acceptors (Lipinski definition) is 2. The molecule has 1 N–H and O–H groups in total. The van der Waals surface area contributed by atoms with Crippen molar-refractivity contribution in [2.75, 3.05) is 19.8 Å². The molecule has 0 aromatic rings. The molecule has 2 nitrogen and oxygen atoms in total. The predicted molar refractivity (Wildman–Crippen MR) is 60.9 cm³/mol. The molecule has 1 fully saturated rings. The molecule has 1 aliphatic rings. The molecule has 14 heavy (non-hydrogen) atoms. The minimum atomic E-state index is 0.0276. The van der Waals surface area contributed by atoms with Crippen LogP contribution in [0.3, 0.4) is 0 Å². The van der Waals surface area contributed by atoms with Crippen molar-refractivity contribution in [3.63, 3.8) is 0 Å². The van der Waals surface area contributed by atoms with Crippen molar-refractivity contribution in [1.82, 2.24) is 5.32 Å². The van der Waals surface area contributed by atoms with Gasteiger partial charge in [-0.3, -0.25) is 0 Å². The minimum Gasteiger partial charge on any atom is -0.381 e. The molecule has 1 atom stereocenters. The van der Waals surface area contributed by atoms with Gasteiger partial charge in [0.15, 0.2) is 0 Å². The number of nitrogens with one attached hydrogen (secondary N) is 1. The lowest BCUT2D eigenvalue weighted by atomic mass is 9.96. The van der Waals surface area contributed by atoms with Gasteiger partial charge < -0.3 is 10.1 Å². The topological polar surface area (TPSA) is 21.3 Å². The van der Waals surface area contributed by atoms with Crippen LogP contribution in [-0.2, 0) is 4.74 Å². The Morgan fingerprint density at radius 2 is 2.00 bits per heavy atom. The minimum absolute atomic E-state index is 0.0276. The van der Waals surface area contributed by atoms with E-state index in [1.54, 1.807) is 0 Å². The largest absolute Gasteiger partial charge is 0.381 e. The zero-order valence-corrected chi connectivity index (χ0v) is 10.2. The van der Waals surface area contributed by atoms with Crippen molar-refractivity contribution in [2.24, 2.45) is 5.92 Å². The van der Waals surface area contributed by atoms with Crippen LogP contribution in [0.15, 0.2) is 0 Å². The Hall–Kier alpha value is 0.210. The van der Waals surface area contributed by atoms with Gasteiger partial charge in [-0.15, -0.1) is 11.6 Å². The number of hydrogen-bond donors (Lipinski definition) is 1. The molecule has 1 rings (SSSR count). The number of halogens is 1. The Balaban J connectivity index is 2.24. The van der Waals surface area contributed by atoms with Crippen LogP contribution in [0.25, 0.3) is 0 Å². The monoisotopic (exact) mass is 219 g/mol. The van der Waals surface area contributed by atoms with E-state index in [0.29, 0.717) is 0 Å². The van der Waals surface area contributed by atoms with E-state index in [2.05, 4.69) is 19.2 Å². The molecule has 1 saturated heterocycles. The van der Waals surface area contributed by atoms with E-state index in [1.165, 1.54) is 12.8 Å². The fourth-order valence-electron chi connectivity index (χ4n) is 1.50. The Morgan fingerprint density at radius 3 is 2.50 bits per heavy atom. The number of rotatable bonds is 4. The van der Waals surface area contributed by atoms with Crippen LogP contribution < -0.4 is 5.32 Å². The lowest BCUT2D eigenvalue weighted by Gasteiger charge is -2.32. The van der Waals surface area contributed by atoms with E-state index in [4.69, 9.17) is 16.3 Å². The molecular formula is C11H22ClNO. The molecule has 84 valence electrons. The van der Waals surface area contributed by atoms with Crippen molar-refractivity contribution in [1.29, 1.82) is 0 Å². The first-order chi connectivity index (χ1) is 6.52. The highest BCUT2D eigenvalue weighted by atomic mass is 35.5. The third kappa shape index (κ3) is 3.76. The van der Waals surface area contributed by atoms with Crippen LogP contribution >= 0.6 is 11.6 Å².